The molecule has 2 aromatic heterocycles. The van der Waals surface area contributed by atoms with Crippen LogP contribution in [0.1, 0.15) is 5.56 Å². The summed E-state index contributed by atoms with van der Waals surface area (Å²) in [6.07, 6.45) is 1.61. The van der Waals surface area contributed by atoms with Gasteiger partial charge in [-0.15, -0.1) is 11.3 Å². The third-order valence-corrected chi connectivity index (χ3v) is 6.48. The van der Waals surface area contributed by atoms with Crippen LogP contribution < -0.4 is 0 Å². The Kier molecular flexibility index (Phi) is 3.94. The molecule has 4 nitrogen and oxygen atoms in total. The highest BCUT2D eigenvalue weighted by Gasteiger charge is 2.22. The Morgan fingerprint density at radius 2 is 2.09 bits per heavy atom. The molecule has 7 heteroatoms. The van der Waals surface area contributed by atoms with Crippen molar-refractivity contribution in [3.05, 3.63) is 59.4 Å². The Labute approximate surface area is 131 Å². The van der Waals surface area contributed by atoms with E-state index < -0.39 is 15.8 Å². The Balaban J connectivity index is 2.00. The van der Waals surface area contributed by atoms with Crippen LogP contribution in [0.3, 0.4) is 0 Å². The van der Waals surface area contributed by atoms with Crippen molar-refractivity contribution in [1.29, 1.82) is 0 Å². The Bertz CT molecular complexity index is 908. The molecule has 3 aromatic rings. The van der Waals surface area contributed by atoms with Crippen LogP contribution in [0.15, 0.2) is 52.2 Å². The van der Waals surface area contributed by atoms with E-state index in [9.17, 15) is 12.8 Å². The van der Waals surface area contributed by atoms with E-state index in [-0.39, 0.29) is 10.8 Å². The lowest BCUT2D eigenvalue weighted by molar-refractivity contribution is 0.468. The number of rotatable bonds is 4. The van der Waals surface area contributed by atoms with E-state index in [4.69, 9.17) is 0 Å². The summed E-state index contributed by atoms with van der Waals surface area (Å²) in [5, 5.41) is 2.36. The zero-order chi connectivity index (χ0) is 15.7. The van der Waals surface area contributed by atoms with E-state index in [2.05, 4.69) is 4.98 Å². The van der Waals surface area contributed by atoms with Gasteiger partial charge in [0.2, 0.25) is 0 Å². The van der Waals surface area contributed by atoms with Gasteiger partial charge < -0.3 is 0 Å². The van der Waals surface area contributed by atoms with Crippen molar-refractivity contribution < 1.29 is 12.8 Å². The second-order valence-corrected chi connectivity index (χ2v) is 8.05. The number of sulfonamides is 1. The molecule has 0 amide bonds. The van der Waals surface area contributed by atoms with Crippen LogP contribution in [0.5, 0.6) is 0 Å². The number of thiophene rings is 1. The lowest BCUT2D eigenvalue weighted by Gasteiger charge is -2.17. The molecule has 0 atom stereocenters. The van der Waals surface area contributed by atoms with Crippen molar-refractivity contribution in [2.24, 2.45) is 0 Å². The topological polar surface area (TPSA) is 50.3 Å². The minimum atomic E-state index is -3.57. The maximum atomic E-state index is 13.7. The van der Waals surface area contributed by atoms with Crippen LogP contribution in [0.2, 0.25) is 0 Å². The van der Waals surface area contributed by atoms with E-state index in [1.54, 1.807) is 35.8 Å². The molecule has 0 unspecified atom stereocenters. The van der Waals surface area contributed by atoms with Gasteiger partial charge in [-0.3, -0.25) is 4.98 Å². The van der Waals surface area contributed by atoms with Gasteiger partial charge in [0.1, 0.15) is 10.0 Å². The van der Waals surface area contributed by atoms with Gasteiger partial charge in [0.05, 0.1) is 5.52 Å². The van der Waals surface area contributed by atoms with Crippen LogP contribution in [0.4, 0.5) is 4.39 Å². The molecule has 0 aliphatic rings. The second-order valence-electron chi connectivity index (χ2n) is 4.83. The minimum Gasteiger partial charge on any atom is -0.256 e. The molecule has 0 spiro atoms. The molecule has 2 heterocycles. The summed E-state index contributed by atoms with van der Waals surface area (Å²) in [4.78, 5) is 4.23. The lowest BCUT2D eigenvalue weighted by Crippen LogP contribution is -2.26. The highest BCUT2D eigenvalue weighted by Crippen LogP contribution is 2.24. The first-order valence-corrected chi connectivity index (χ1v) is 8.83. The predicted octanol–water partition coefficient (Wildman–Crippen LogP) is 3.26. The smallest absolute Gasteiger partial charge is 0.252 e. The molecule has 22 heavy (non-hydrogen) atoms. The average molecular weight is 336 g/mol. The minimum absolute atomic E-state index is 0.0610. The van der Waals surface area contributed by atoms with E-state index >= 15 is 0 Å². The van der Waals surface area contributed by atoms with Gasteiger partial charge >= 0.3 is 0 Å². The lowest BCUT2D eigenvalue weighted by atomic mass is 10.1. The number of nitrogens with zero attached hydrogens (tertiary/aromatic N) is 2. The number of halogens is 1. The summed E-state index contributed by atoms with van der Waals surface area (Å²) in [6, 6.07) is 9.43. The standard InChI is InChI=1S/C15H13FN2O2S2/c1-18(22(19,20)14-5-3-7-21-14)10-12-9-13(16)8-11-4-2-6-17-15(11)12/h2-9H,10H2,1H3. The predicted molar refractivity (Wildman–Crippen MR) is 84.7 cm³/mol. The van der Waals surface area contributed by atoms with Crippen molar-refractivity contribution >= 4 is 32.3 Å². The number of hydrogen-bond donors (Lipinski definition) is 0. The van der Waals surface area contributed by atoms with E-state index in [0.29, 0.717) is 16.5 Å². The zero-order valence-electron chi connectivity index (χ0n) is 11.7. The number of aromatic nitrogens is 1. The molecule has 0 fully saturated rings. The number of fused-ring (bicyclic) bond motifs is 1. The molecular formula is C15H13FN2O2S2. The molecule has 0 radical (unpaired) electrons. The maximum Gasteiger partial charge on any atom is 0.252 e. The quantitative estimate of drug-likeness (QED) is 0.735. The van der Waals surface area contributed by atoms with Gasteiger partial charge in [-0.1, -0.05) is 12.1 Å². The summed E-state index contributed by atoms with van der Waals surface area (Å²) in [5.41, 5.74) is 1.15. The molecule has 0 saturated heterocycles. The summed E-state index contributed by atoms with van der Waals surface area (Å²) >= 11 is 1.16. The van der Waals surface area contributed by atoms with Crippen molar-refractivity contribution in [3.8, 4) is 0 Å². The normalized spacial score (nSPS) is 12.1. The zero-order valence-corrected chi connectivity index (χ0v) is 13.4. The first-order valence-electron chi connectivity index (χ1n) is 6.51. The van der Waals surface area contributed by atoms with Crippen molar-refractivity contribution in [3.63, 3.8) is 0 Å². The Morgan fingerprint density at radius 3 is 2.82 bits per heavy atom. The molecule has 0 bridgehead atoms. The molecule has 0 N–H and O–H groups in total. The molecule has 114 valence electrons. The van der Waals surface area contributed by atoms with Crippen molar-refractivity contribution in [2.75, 3.05) is 7.05 Å². The largest absolute Gasteiger partial charge is 0.256 e. The Morgan fingerprint density at radius 1 is 1.27 bits per heavy atom. The third-order valence-electron chi connectivity index (χ3n) is 3.30. The van der Waals surface area contributed by atoms with Gasteiger partial charge in [-0.25, -0.2) is 12.8 Å². The molecule has 3 rings (SSSR count). The van der Waals surface area contributed by atoms with E-state index in [1.165, 1.54) is 23.5 Å². The highest BCUT2D eigenvalue weighted by molar-refractivity contribution is 7.91. The van der Waals surface area contributed by atoms with Crippen LogP contribution >= 0.6 is 11.3 Å². The first-order chi connectivity index (χ1) is 10.5. The van der Waals surface area contributed by atoms with E-state index in [0.717, 1.165) is 11.3 Å². The van der Waals surface area contributed by atoms with Gasteiger partial charge in [0.15, 0.2) is 0 Å². The van der Waals surface area contributed by atoms with Crippen molar-refractivity contribution in [2.45, 2.75) is 10.8 Å². The summed E-state index contributed by atoms with van der Waals surface area (Å²) < 4.78 is 40.1. The SMILES string of the molecule is CN(Cc1cc(F)cc2cccnc12)S(=O)(=O)c1cccs1. The van der Waals surface area contributed by atoms with E-state index in [1.807, 2.05) is 0 Å². The third kappa shape index (κ3) is 2.75. The van der Waals surface area contributed by atoms with Gasteiger partial charge in [0, 0.05) is 25.2 Å². The fourth-order valence-corrected chi connectivity index (χ4v) is 4.59. The fourth-order valence-electron chi connectivity index (χ4n) is 2.24. The van der Waals surface area contributed by atoms with Gasteiger partial charge in [-0.2, -0.15) is 4.31 Å². The second kappa shape index (κ2) is 5.75. The van der Waals surface area contributed by atoms with Crippen LogP contribution in [0.25, 0.3) is 10.9 Å². The number of pyridine rings is 1. The molecule has 0 aliphatic carbocycles. The number of benzene rings is 1. The summed E-state index contributed by atoms with van der Waals surface area (Å²) in [5.74, 6) is -0.405. The monoisotopic (exact) mass is 336 g/mol. The molecular weight excluding hydrogens is 323 g/mol. The summed E-state index contributed by atoms with van der Waals surface area (Å²) in [6.45, 7) is 0.0610. The van der Waals surface area contributed by atoms with Gasteiger partial charge in [0.25, 0.3) is 10.0 Å². The van der Waals surface area contributed by atoms with Crippen molar-refractivity contribution in [1.82, 2.24) is 9.29 Å². The molecule has 0 aliphatic heterocycles. The van der Waals surface area contributed by atoms with Crippen LogP contribution in [-0.4, -0.2) is 24.8 Å². The molecule has 0 saturated carbocycles. The average Bonchev–Trinajstić information content (AvgIpc) is 3.02. The maximum absolute atomic E-state index is 13.7. The highest BCUT2D eigenvalue weighted by atomic mass is 32.2. The number of hydrogen-bond acceptors (Lipinski definition) is 4. The Hall–Kier alpha value is -1.83. The molecule has 1 aromatic carbocycles. The van der Waals surface area contributed by atoms with Crippen LogP contribution in [0, 0.1) is 5.82 Å². The van der Waals surface area contributed by atoms with Crippen LogP contribution in [-0.2, 0) is 16.6 Å². The summed E-state index contributed by atoms with van der Waals surface area (Å²) in [7, 11) is -2.09. The first kappa shape index (κ1) is 15.1. The fraction of sp³-hybridized carbons (Fsp3) is 0.133. The van der Waals surface area contributed by atoms with Gasteiger partial charge in [-0.05, 0) is 35.2 Å².